The smallest absolute Gasteiger partial charge is 0.344 e. The van der Waals surface area contributed by atoms with E-state index in [-0.39, 0.29) is 6.61 Å². The lowest BCUT2D eigenvalue weighted by Crippen LogP contribution is -2.16. The summed E-state index contributed by atoms with van der Waals surface area (Å²) in [5.74, 6) is -0.819. The van der Waals surface area contributed by atoms with Gasteiger partial charge in [-0.1, -0.05) is 6.08 Å². The van der Waals surface area contributed by atoms with Gasteiger partial charge in [0.2, 0.25) is 6.17 Å². The SMILES string of the molecule is CC=CC(F)C(=O)OCC. The highest BCUT2D eigenvalue weighted by Crippen LogP contribution is 1.96. The highest BCUT2D eigenvalue weighted by atomic mass is 19.1. The van der Waals surface area contributed by atoms with Crippen molar-refractivity contribution in [2.24, 2.45) is 0 Å². The van der Waals surface area contributed by atoms with E-state index in [0.717, 1.165) is 6.08 Å². The van der Waals surface area contributed by atoms with Gasteiger partial charge in [-0.2, -0.15) is 0 Å². The second kappa shape index (κ2) is 4.97. The zero-order valence-electron chi connectivity index (χ0n) is 6.13. The molecule has 0 heterocycles. The molecule has 0 rings (SSSR count). The van der Waals surface area contributed by atoms with Crippen LogP contribution in [0.15, 0.2) is 12.2 Å². The number of hydrogen-bond donors (Lipinski definition) is 0. The van der Waals surface area contributed by atoms with E-state index in [2.05, 4.69) is 4.74 Å². The van der Waals surface area contributed by atoms with Crippen LogP contribution < -0.4 is 0 Å². The summed E-state index contributed by atoms with van der Waals surface area (Å²) in [6, 6.07) is 0. The fraction of sp³-hybridized carbons (Fsp3) is 0.571. The van der Waals surface area contributed by atoms with Gasteiger partial charge in [-0.15, -0.1) is 0 Å². The number of rotatable bonds is 3. The maximum absolute atomic E-state index is 12.4. The van der Waals surface area contributed by atoms with Gasteiger partial charge in [0.05, 0.1) is 6.61 Å². The number of carbonyl (C=O) groups is 1. The molecule has 2 nitrogen and oxygen atoms in total. The van der Waals surface area contributed by atoms with E-state index in [1.54, 1.807) is 13.8 Å². The molecule has 0 amide bonds. The Kier molecular flexibility index (Phi) is 4.54. The fourth-order valence-corrected chi connectivity index (χ4v) is 0.469. The number of hydrogen-bond acceptors (Lipinski definition) is 2. The first-order chi connectivity index (χ1) is 4.72. The third kappa shape index (κ3) is 3.22. The first kappa shape index (κ1) is 9.14. The average Bonchev–Trinajstić information content (AvgIpc) is 1.89. The third-order valence-corrected chi connectivity index (χ3v) is 0.873. The molecule has 0 aliphatic carbocycles. The molecule has 0 saturated heterocycles. The van der Waals surface area contributed by atoms with Crippen molar-refractivity contribution in [2.75, 3.05) is 6.61 Å². The number of halogens is 1. The van der Waals surface area contributed by atoms with Crippen LogP contribution in [0.2, 0.25) is 0 Å². The van der Waals surface area contributed by atoms with Crippen LogP contribution in [0.1, 0.15) is 13.8 Å². The number of esters is 1. The van der Waals surface area contributed by atoms with Gasteiger partial charge in [-0.25, -0.2) is 9.18 Å². The highest BCUT2D eigenvalue weighted by Gasteiger charge is 2.13. The molecule has 3 heteroatoms. The average molecular weight is 146 g/mol. The number of alkyl halides is 1. The van der Waals surface area contributed by atoms with Gasteiger partial charge in [0.1, 0.15) is 0 Å². The molecule has 0 spiro atoms. The first-order valence-electron chi connectivity index (χ1n) is 3.15. The van der Waals surface area contributed by atoms with Crippen LogP contribution in [-0.4, -0.2) is 18.7 Å². The van der Waals surface area contributed by atoms with E-state index in [0.29, 0.717) is 0 Å². The third-order valence-electron chi connectivity index (χ3n) is 0.873. The van der Waals surface area contributed by atoms with E-state index in [4.69, 9.17) is 0 Å². The topological polar surface area (TPSA) is 26.3 Å². The minimum absolute atomic E-state index is 0.219. The van der Waals surface area contributed by atoms with Gasteiger partial charge in [-0.05, 0) is 19.9 Å². The van der Waals surface area contributed by atoms with Crippen molar-refractivity contribution in [1.29, 1.82) is 0 Å². The van der Waals surface area contributed by atoms with Crippen LogP contribution >= 0.6 is 0 Å². The summed E-state index contributed by atoms with van der Waals surface area (Å²) in [5, 5.41) is 0. The van der Waals surface area contributed by atoms with Crippen LogP contribution in [0.4, 0.5) is 4.39 Å². The molecule has 1 unspecified atom stereocenters. The minimum atomic E-state index is -1.61. The summed E-state index contributed by atoms with van der Waals surface area (Å²) >= 11 is 0. The monoisotopic (exact) mass is 146 g/mol. The molecule has 0 aromatic heterocycles. The van der Waals surface area contributed by atoms with E-state index in [9.17, 15) is 9.18 Å². The van der Waals surface area contributed by atoms with Crippen molar-refractivity contribution in [3.05, 3.63) is 12.2 Å². The van der Waals surface area contributed by atoms with Gasteiger partial charge < -0.3 is 4.74 Å². The van der Waals surface area contributed by atoms with Crippen LogP contribution in [-0.2, 0) is 9.53 Å². The molecular weight excluding hydrogens is 135 g/mol. The Morgan fingerprint density at radius 3 is 2.80 bits per heavy atom. The zero-order valence-corrected chi connectivity index (χ0v) is 6.13. The number of allylic oxidation sites excluding steroid dienone is 1. The van der Waals surface area contributed by atoms with Gasteiger partial charge in [0.25, 0.3) is 0 Å². The summed E-state index contributed by atoms with van der Waals surface area (Å²) in [6.07, 6.45) is 1.02. The summed E-state index contributed by atoms with van der Waals surface area (Å²) in [4.78, 5) is 10.5. The number of ether oxygens (including phenoxy) is 1. The van der Waals surface area contributed by atoms with Crippen molar-refractivity contribution >= 4 is 5.97 Å². The normalized spacial score (nSPS) is 13.5. The predicted molar refractivity (Wildman–Crippen MR) is 36.3 cm³/mol. The fourth-order valence-electron chi connectivity index (χ4n) is 0.469. The molecule has 0 radical (unpaired) electrons. The summed E-state index contributed by atoms with van der Waals surface area (Å²) in [6.45, 7) is 3.50. The Hall–Kier alpha value is -0.860. The second-order valence-corrected chi connectivity index (χ2v) is 1.68. The molecule has 10 heavy (non-hydrogen) atoms. The second-order valence-electron chi connectivity index (χ2n) is 1.68. The predicted octanol–water partition coefficient (Wildman–Crippen LogP) is 1.46. The lowest BCUT2D eigenvalue weighted by Gasteiger charge is -2.00. The van der Waals surface area contributed by atoms with Crippen molar-refractivity contribution in [3.8, 4) is 0 Å². The van der Waals surface area contributed by atoms with Gasteiger partial charge in [-0.3, -0.25) is 0 Å². The number of carbonyl (C=O) groups excluding carboxylic acids is 1. The van der Waals surface area contributed by atoms with Crippen LogP contribution in [0.3, 0.4) is 0 Å². The Morgan fingerprint density at radius 2 is 2.40 bits per heavy atom. The molecule has 0 aliphatic heterocycles. The Morgan fingerprint density at radius 1 is 1.80 bits per heavy atom. The quantitative estimate of drug-likeness (QED) is 0.445. The lowest BCUT2D eigenvalue weighted by atomic mass is 10.3. The van der Waals surface area contributed by atoms with Crippen LogP contribution in [0.25, 0.3) is 0 Å². The van der Waals surface area contributed by atoms with E-state index >= 15 is 0 Å². The van der Waals surface area contributed by atoms with Crippen molar-refractivity contribution in [2.45, 2.75) is 20.0 Å². The van der Waals surface area contributed by atoms with E-state index in [1.807, 2.05) is 0 Å². The molecule has 58 valence electrons. The molecule has 0 bridgehead atoms. The van der Waals surface area contributed by atoms with Crippen LogP contribution in [0, 0.1) is 0 Å². The zero-order chi connectivity index (χ0) is 7.98. The maximum Gasteiger partial charge on any atom is 0.344 e. The van der Waals surface area contributed by atoms with Gasteiger partial charge >= 0.3 is 5.97 Å². The molecule has 0 aromatic rings. The molecule has 1 atom stereocenters. The minimum Gasteiger partial charge on any atom is -0.464 e. The van der Waals surface area contributed by atoms with Crippen molar-refractivity contribution in [1.82, 2.24) is 0 Å². The Bertz CT molecular complexity index is 132. The molecule has 0 saturated carbocycles. The van der Waals surface area contributed by atoms with E-state index < -0.39 is 12.1 Å². The van der Waals surface area contributed by atoms with E-state index in [1.165, 1.54) is 6.08 Å². The first-order valence-corrected chi connectivity index (χ1v) is 3.15. The van der Waals surface area contributed by atoms with Crippen molar-refractivity contribution in [3.63, 3.8) is 0 Å². The molecule has 0 fully saturated rings. The summed E-state index contributed by atoms with van der Waals surface area (Å²) in [7, 11) is 0. The van der Waals surface area contributed by atoms with Gasteiger partial charge in [0, 0.05) is 0 Å². The Labute approximate surface area is 59.7 Å². The molecule has 0 N–H and O–H groups in total. The largest absolute Gasteiger partial charge is 0.464 e. The van der Waals surface area contributed by atoms with Crippen LogP contribution in [0.5, 0.6) is 0 Å². The molecule has 0 aliphatic rings. The van der Waals surface area contributed by atoms with Crippen molar-refractivity contribution < 1.29 is 13.9 Å². The van der Waals surface area contributed by atoms with Gasteiger partial charge in [0.15, 0.2) is 0 Å². The summed E-state index contributed by atoms with van der Waals surface area (Å²) < 4.78 is 16.8. The Balaban J connectivity index is 3.70. The highest BCUT2D eigenvalue weighted by molar-refractivity contribution is 5.76. The standard InChI is InChI=1S/C7H11FO2/c1-3-5-6(8)7(9)10-4-2/h3,5-6H,4H2,1-2H3. The molecular formula is C7H11FO2. The maximum atomic E-state index is 12.4. The molecule has 0 aromatic carbocycles. The lowest BCUT2D eigenvalue weighted by molar-refractivity contribution is -0.147. The summed E-state index contributed by atoms with van der Waals surface area (Å²) in [5.41, 5.74) is 0.